The first-order valence-corrected chi connectivity index (χ1v) is 6.41. The molecule has 0 spiro atoms. The van der Waals surface area contributed by atoms with E-state index < -0.39 is 0 Å². The molecule has 2 aromatic carbocycles. The van der Waals surface area contributed by atoms with Gasteiger partial charge in [0.25, 0.3) is 0 Å². The summed E-state index contributed by atoms with van der Waals surface area (Å²) in [6.45, 7) is 4.04. The molecule has 2 nitrogen and oxygen atoms in total. The summed E-state index contributed by atoms with van der Waals surface area (Å²) in [5.74, 6) is 1.80. The van der Waals surface area contributed by atoms with E-state index in [9.17, 15) is 0 Å². The second-order valence-electron chi connectivity index (χ2n) is 4.20. The quantitative estimate of drug-likeness (QED) is 0.772. The molecular weight excluding hydrogens is 222 g/mol. The van der Waals surface area contributed by atoms with Gasteiger partial charge in [0.15, 0.2) is 0 Å². The molecule has 2 rings (SSSR count). The number of benzene rings is 2. The smallest absolute Gasteiger partial charge is 0.131 e. The fourth-order valence-corrected chi connectivity index (χ4v) is 1.76. The number of hydrogen-bond donors (Lipinski definition) is 1. The highest BCUT2D eigenvalue weighted by molar-refractivity contribution is 5.37. The predicted octanol–water partition coefficient (Wildman–Crippen LogP) is 3.98. The van der Waals surface area contributed by atoms with Crippen molar-refractivity contribution in [2.45, 2.75) is 19.9 Å². The Balaban J connectivity index is 2.07. The van der Waals surface area contributed by atoms with Gasteiger partial charge in [0.2, 0.25) is 0 Å². The maximum absolute atomic E-state index is 5.90. The molecule has 0 heterocycles. The lowest BCUT2D eigenvalue weighted by Crippen LogP contribution is -2.14. The summed E-state index contributed by atoms with van der Waals surface area (Å²) in [6, 6.07) is 18.0. The third-order valence-electron chi connectivity index (χ3n) is 2.69. The van der Waals surface area contributed by atoms with E-state index in [-0.39, 0.29) is 0 Å². The molecule has 94 valence electrons. The fourth-order valence-electron chi connectivity index (χ4n) is 1.76. The minimum absolute atomic E-state index is 0.844. The zero-order chi connectivity index (χ0) is 12.6. The van der Waals surface area contributed by atoms with Gasteiger partial charge in [0.05, 0.1) is 0 Å². The maximum Gasteiger partial charge on any atom is 0.131 e. The van der Waals surface area contributed by atoms with Crippen LogP contribution in [0.25, 0.3) is 0 Å². The summed E-state index contributed by atoms with van der Waals surface area (Å²) in [4.78, 5) is 0. The van der Waals surface area contributed by atoms with Crippen molar-refractivity contribution in [3.63, 3.8) is 0 Å². The summed E-state index contributed by atoms with van der Waals surface area (Å²) in [5, 5.41) is 3.40. The van der Waals surface area contributed by atoms with Gasteiger partial charge in [-0.1, -0.05) is 43.3 Å². The monoisotopic (exact) mass is 241 g/mol. The van der Waals surface area contributed by atoms with Crippen molar-refractivity contribution < 1.29 is 4.74 Å². The zero-order valence-corrected chi connectivity index (χ0v) is 10.7. The molecule has 0 saturated heterocycles. The van der Waals surface area contributed by atoms with E-state index in [0.29, 0.717) is 0 Å². The second-order valence-corrected chi connectivity index (χ2v) is 4.20. The average Bonchev–Trinajstić information content (AvgIpc) is 2.42. The van der Waals surface area contributed by atoms with Crippen molar-refractivity contribution in [1.82, 2.24) is 5.32 Å². The van der Waals surface area contributed by atoms with E-state index in [2.05, 4.69) is 18.3 Å². The van der Waals surface area contributed by atoms with Crippen molar-refractivity contribution in [3.05, 3.63) is 60.2 Å². The van der Waals surface area contributed by atoms with Crippen molar-refractivity contribution in [2.75, 3.05) is 6.54 Å². The van der Waals surface area contributed by atoms with Gasteiger partial charge in [-0.2, -0.15) is 0 Å². The van der Waals surface area contributed by atoms with Crippen molar-refractivity contribution in [3.8, 4) is 11.5 Å². The highest BCUT2D eigenvalue weighted by Gasteiger charge is 2.03. The van der Waals surface area contributed by atoms with Crippen LogP contribution in [-0.2, 0) is 6.54 Å². The van der Waals surface area contributed by atoms with Crippen LogP contribution in [0.4, 0.5) is 0 Å². The first-order valence-electron chi connectivity index (χ1n) is 6.41. The molecule has 0 amide bonds. The molecule has 2 heteroatoms. The normalized spacial score (nSPS) is 10.3. The zero-order valence-electron chi connectivity index (χ0n) is 10.7. The first-order chi connectivity index (χ1) is 8.90. The van der Waals surface area contributed by atoms with Crippen LogP contribution in [0.1, 0.15) is 18.9 Å². The Bertz CT molecular complexity index is 468. The number of ether oxygens (including phenoxy) is 1. The number of para-hydroxylation sites is 2. The van der Waals surface area contributed by atoms with Gasteiger partial charge < -0.3 is 10.1 Å². The molecule has 0 bridgehead atoms. The average molecular weight is 241 g/mol. The summed E-state index contributed by atoms with van der Waals surface area (Å²) >= 11 is 0. The van der Waals surface area contributed by atoms with E-state index in [4.69, 9.17) is 4.74 Å². The Morgan fingerprint density at radius 3 is 2.44 bits per heavy atom. The summed E-state index contributed by atoms with van der Waals surface area (Å²) < 4.78 is 5.90. The molecule has 0 saturated carbocycles. The molecule has 0 aromatic heterocycles. The van der Waals surface area contributed by atoms with Crippen LogP contribution in [0, 0.1) is 0 Å². The SMILES string of the molecule is CCCNCc1ccccc1Oc1ccccc1. The number of nitrogens with one attached hydrogen (secondary N) is 1. The van der Waals surface area contributed by atoms with E-state index in [1.54, 1.807) is 0 Å². The Labute approximate surface area is 109 Å². The van der Waals surface area contributed by atoms with Gasteiger partial charge in [-0.25, -0.2) is 0 Å². The molecular formula is C16H19NO. The molecule has 0 radical (unpaired) electrons. The highest BCUT2D eigenvalue weighted by Crippen LogP contribution is 2.24. The number of rotatable bonds is 6. The summed E-state index contributed by atoms with van der Waals surface area (Å²) in [7, 11) is 0. The van der Waals surface area contributed by atoms with Gasteiger partial charge in [0, 0.05) is 12.1 Å². The summed E-state index contributed by atoms with van der Waals surface area (Å²) in [6.07, 6.45) is 1.14. The maximum atomic E-state index is 5.90. The van der Waals surface area contributed by atoms with E-state index in [0.717, 1.165) is 31.0 Å². The van der Waals surface area contributed by atoms with Gasteiger partial charge >= 0.3 is 0 Å². The molecule has 2 aromatic rings. The molecule has 1 N–H and O–H groups in total. The first kappa shape index (κ1) is 12.7. The van der Waals surface area contributed by atoms with Crippen LogP contribution >= 0.6 is 0 Å². The van der Waals surface area contributed by atoms with Crippen LogP contribution in [-0.4, -0.2) is 6.54 Å². The topological polar surface area (TPSA) is 21.3 Å². The fraction of sp³-hybridized carbons (Fsp3) is 0.250. The molecule has 0 aliphatic carbocycles. The van der Waals surface area contributed by atoms with E-state index in [1.807, 2.05) is 48.5 Å². The van der Waals surface area contributed by atoms with Crippen molar-refractivity contribution >= 4 is 0 Å². The largest absolute Gasteiger partial charge is 0.457 e. The van der Waals surface area contributed by atoms with Crippen LogP contribution < -0.4 is 10.1 Å². The van der Waals surface area contributed by atoms with Gasteiger partial charge in [0.1, 0.15) is 11.5 Å². The lowest BCUT2D eigenvalue weighted by molar-refractivity contribution is 0.472. The van der Waals surface area contributed by atoms with E-state index >= 15 is 0 Å². The van der Waals surface area contributed by atoms with Gasteiger partial charge in [-0.3, -0.25) is 0 Å². The molecule has 0 fully saturated rings. The standard InChI is InChI=1S/C16H19NO/c1-2-12-17-13-14-8-6-7-11-16(14)18-15-9-4-3-5-10-15/h3-11,17H,2,12-13H2,1H3. The van der Waals surface area contributed by atoms with Crippen LogP contribution in [0.3, 0.4) is 0 Å². The van der Waals surface area contributed by atoms with Crippen molar-refractivity contribution in [2.24, 2.45) is 0 Å². The van der Waals surface area contributed by atoms with Crippen LogP contribution in [0.2, 0.25) is 0 Å². The van der Waals surface area contributed by atoms with Gasteiger partial charge in [-0.05, 0) is 31.2 Å². The lowest BCUT2D eigenvalue weighted by Gasteiger charge is -2.11. The highest BCUT2D eigenvalue weighted by atomic mass is 16.5. The minimum Gasteiger partial charge on any atom is -0.457 e. The minimum atomic E-state index is 0.844. The van der Waals surface area contributed by atoms with Gasteiger partial charge in [-0.15, -0.1) is 0 Å². The van der Waals surface area contributed by atoms with Crippen molar-refractivity contribution in [1.29, 1.82) is 0 Å². The third-order valence-corrected chi connectivity index (χ3v) is 2.69. The predicted molar refractivity (Wildman–Crippen MR) is 75.0 cm³/mol. The Morgan fingerprint density at radius 1 is 0.944 bits per heavy atom. The summed E-state index contributed by atoms with van der Waals surface area (Å²) in [5.41, 5.74) is 1.19. The molecule has 0 aliphatic rings. The molecule has 0 aliphatic heterocycles. The third kappa shape index (κ3) is 3.60. The second kappa shape index (κ2) is 6.82. The Kier molecular flexibility index (Phi) is 4.79. The molecule has 0 atom stereocenters. The lowest BCUT2D eigenvalue weighted by atomic mass is 10.2. The molecule has 18 heavy (non-hydrogen) atoms. The van der Waals surface area contributed by atoms with Crippen LogP contribution in [0.5, 0.6) is 11.5 Å². The van der Waals surface area contributed by atoms with E-state index in [1.165, 1.54) is 5.56 Å². The molecule has 0 unspecified atom stereocenters. The Morgan fingerprint density at radius 2 is 1.67 bits per heavy atom. The van der Waals surface area contributed by atoms with Crippen LogP contribution in [0.15, 0.2) is 54.6 Å². The number of hydrogen-bond acceptors (Lipinski definition) is 2. The Hall–Kier alpha value is -1.80.